The number of nitrogens with one attached hydrogen (secondary N) is 1. The van der Waals surface area contributed by atoms with E-state index in [-0.39, 0.29) is 5.91 Å². The first-order chi connectivity index (χ1) is 8.19. The largest absolute Gasteiger partial charge is 0.397 e. The number of terminal acetylenes is 1. The lowest BCUT2D eigenvalue weighted by atomic mass is 10.3. The van der Waals surface area contributed by atoms with Gasteiger partial charge in [-0.1, -0.05) is 6.92 Å². The van der Waals surface area contributed by atoms with Crippen LogP contribution in [0.15, 0.2) is 12.3 Å². The van der Waals surface area contributed by atoms with Gasteiger partial charge in [0.1, 0.15) is 5.69 Å². The highest BCUT2D eigenvalue weighted by Crippen LogP contribution is 2.11. The fraction of sp³-hybridized carbons (Fsp3) is 0.462. The average molecular weight is 233 g/mol. The van der Waals surface area contributed by atoms with E-state index in [9.17, 15) is 4.79 Å². The molecule has 1 rings (SSSR count). The number of nitrogens with zero attached hydrogens (tertiary/aromatic N) is 1. The molecule has 0 saturated carbocycles. The number of nitrogen functional groups attached to an aromatic ring is 1. The Bertz CT molecular complexity index is 415. The Morgan fingerprint density at radius 2 is 2.41 bits per heavy atom. The molecule has 0 fully saturated rings. The summed E-state index contributed by atoms with van der Waals surface area (Å²) >= 11 is 0. The molecule has 0 aromatic carbocycles. The number of carbonyl (C=O) groups is 1. The van der Waals surface area contributed by atoms with Crippen molar-refractivity contribution in [2.45, 2.75) is 32.7 Å². The predicted octanol–water partition coefficient (Wildman–Crippen LogP) is 1.62. The normalized spacial score (nSPS) is 9.88. The van der Waals surface area contributed by atoms with Gasteiger partial charge in [-0.2, -0.15) is 0 Å². The summed E-state index contributed by atoms with van der Waals surface area (Å²) in [4.78, 5) is 11.9. The maximum atomic E-state index is 11.9. The van der Waals surface area contributed by atoms with E-state index in [0.29, 0.717) is 24.3 Å². The second kappa shape index (κ2) is 6.64. The molecular formula is C13H19N3O. The van der Waals surface area contributed by atoms with Crippen LogP contribution in [0.2, 0.25) is 0 Å². The van der Waals surface area contributed by atoms with Crippen LogP contribution in [-0.4, -0.2) is 17.0 Å². The quantitative estimate of drug-likeness (QED) is 0.579. The lowest BCUT2D eigenvalue weighted by molar-refractivity contribution is 0.0944. The van der Waals surface area contributed by atoms with E-state index in [1.54, 1.807) is 12.3 Å². The molecule has 1 aromatic rings. The molecule has 17 heavy (non-hydrogen) atoms. The monoisotopic (exact) mass is 233 g/mol. The Morgan fingerprint density at radius 1 is 1.65 bits per heavy atom. The average Bonchev–Trinajstić information content (AvgIpc) is 2.66. The number of hydrogen-bond donors (Lipinski definition) is 2. The maximum absolute atomic E-state index is 11.9. The van der Waals surface area contributed by atoms with Crippen LogP contribution in [0.5, 0.6) is 0 Å². The molecule has 0 aliphatic heterocycles. The Hall–Kier alpha value is -1.89. The summed E-state index contributed by atoms with van der Waals surface area (Å²) in [5.41, 5.74) is 6.93. The molecule has 0 saturated heterocycles. The predicted molar refractivity (Wildman–Crippen MR) is 69.5 cm³/mol. The second-order valence-corrected chi connectivity index (χ2v) is 3.92. The van der Waals surface area contributed by atoms with Gasteiger partial charge < -0.3 is 15.6 Å². The lowest BCUT2D eigenvalue weighted by Crippen LogP contribution is -2.26. The first kappa shape index (κ1) is 13.2. The van der Waals surface area contributed by atoms with Crippen molar-refractivity contribution >= 4 is 11.6 Å². The highest BCUT2D eigenvalue weighted by atomic mass is 16.1. The molecule has 0 atom stereocenters. The summed E-state index contributed by atoms with van der Waals surface area (Å²) in [6, 6.07) is 1.70. The summed E-state index contributed by atoms with van der Waals surface area (Å²) < 4.78 is 1.88. The van der Waals surface area contributed by atoms with Crippen molar-refractivity contribution in [3.05, 3.63) is 18.0 Å². The van der Waals surface area contributed by atoms with E-state index in [0.717, 1.165) is 19.4 Å². The molecule has 0 aliphatic rings. The molecule has 3 N–H and O–H groups in total. The summed E-state index contributed by atoms with van der Waals surface area (Å²) in [5, 5.41) is 2.84. The maximum Gasteiger partial charge on any atom is 0.267 e. The van der Waals surface area contributed by atoms with Gasteiger partial charge in [-0.15, -0.1) is 12.3 Å². The molecule has 92 valence electrons. The van der Waals surface area contributed by atoms with Crippen molar-refractivity contribution in [2.24, 2.45) is 0 Å². The van der Waals surface area contributed by atoms with Gasteiger partial charge in [0.15, 0.2) is 0 Å². The Balaban J connectivity index is 2.58. The van der Waals surface area contributed by atoms with E-state index in [1.807, 2.05) is 4.57 Å². The van der Waals surface area contributed by atoms with Gasteiger partial charge in [-0.3, -0.25) is 4.79 Å². The number of nitrogens with two attached hydrogens (primary N) is 1. The van der Waals surface area contributed by atoms with Crippen LogP contribution < -0.4 is 11.1 Å². The number of hydrogen-bond acceptors (Lipinski definition) is 2. The number of carbonyl (C=O) groups excluding carboxylic acids is 1. The molecule has 0 aliphatic carbocycles. The van der Waals surface area contributed by atoms with Crippen LogP contribution >= 0.6 is 0 Å². The third-order valence-electron chi connectivity index (χ3n) is 2.40. The zero-order valence-corrected chi connectivity index (χ0v) is 10.2. The number of anilines is 1. The van der Waals surface area contributed by atoms with Crippen LogP contribution in [0.1, 0.15) is 36.7 Å². The molecule has 1 amide bonds. The van der Waals surface area contributed by atoms with Gasteiger partial charge in [-0.05, 0) is 18.9 Å². The van der Waals surface area contributed by atoms with Crippen molar-refractivity contribution < 1.29 is 4.79 Å². The van der Waals surface area contributed by atoms with Crippen molar-refractivity contribution in [2.75, 3.05) is 12.3 Å². The zero-order chi connectivity index (χ0) is 12.7. The van der Waals surface area contributed by atoms with Gasteiger partial charge in [0.25, 0.3) is 5.91 Å². The molecular weight excluding hydrogens is 214 g/mol. The molecule has 0 radical (unpaired) electrons. The van der Waals surface area contributed by atoms with Crippen LogP contribution in [0.25, 0.3) is 0 Å². The van der Waals surface area contributed by atoms with Crippen LogP contribution in [-0.2, 0) is 6.54 Å². The van der Waals surface area contributed by atoms with E-state index >= 15 is 0 Å². The number of rotatable bonds is 6. The van der Waals surface area contributed by atoms with E-state index < -0.39 is 0 Å². The third kappa shape index (κ3) is 3.87. The molecule has 0 unspecified atom stereocenters. The molecule has 0 spiro atoms. The van der Waals surface area contributed by atoms with E-state index in [2.05, 4.69) is 18.2 Å². The van der Waals surface area contributed by atoms with Crippen LogP contribution in [0.4, 0.5) is 5.69 Å². The highest BCUT2D eigenvalue weighted by molar-refractivity contribution is 5.93. The van der Waals surface area contributed by atoms with Crippen LogP contribution in [0, 0.1) is 12.3 Å². The first-order valence-corrected chi connectivity index (χ1v) is 5.86. The molecule has 0 bridgehead atoms. The minimum Gasteiger partial charge on any atom is -0.397 e. The summed E-state index contributed by atoms with van der Waals surface area (Å²) in [6.07, 6.45) is 9.37. The minimum atomic E-state index is -0.0906. The van der Waals surface area contributed by atoms with Crippen molar-refractivity contribution in [3.63, 3.8) is 0 Å². The van der Waals surface area contributed by atoms with Gasteiger partial charge in [0.05, 0.1) is 5.69 Å². The van der Waals surface area contributed by atoms with Gasteiger partial charge in [0, 0.05) is 25.7 Å². The third-order valence-corrected chi connectivity index (χ3v) is 2.40. The summed E-state index contributed by atoms with van der Waals surface area (Å²) in [5.74, 6) is 2.45. The first-order valence-electron chi connectivity index (χ1n) is 5.86. The van der Waals surface area contributed by atoms with Gasteiger partial charge in [-0.25, -0.2) is 0 Å². The lowest BCUT2D eigenvalue weighted by Gasteiger charge is -2.07. The van der Waals surface area contributed by atoms with E-state index in [4.69, 9.17) is 12.2 Å². The standard InChI is InChI=1S/C13H19N3O/c1-3-5-6-7-15-13(17)12-9-11(14)10-16(12)8-4-2/h1,9-10H,4-8,14H2,2H3,(H,15,17). The fourth-order valence-corrected chi connectivity index (χ4v) is 1.63. The van der Waals surface area contributed by atoms with E-state index in [1.165, 1.54) is 0 Å². The van der Waals surface area contributed by atoms with Gasteiger partial charge >= 0.3 is 0 Å². The number of unbranched alkanes of at least 4 members (excludes halogenated alkanes) is 1. The number of aromatic nitrogens is 1. The Kier molecular flexibility index (Phi) is 5.15. The van der Waals surface area contributed by atoms with Crippen molar-refractivity contribution in [3.8, 4) is 12.3 Å². The second-order valence-electron chi connectivity index (χ2n) is 3.92. The Morgan fingerprint density at radius 3 is 3.06 bits per heavy atom. The summed E-state index contributed by atoms with van der Waals surface area (Å²) in [7, 11) is 0. The SMILES string of the molecule is C#CCCCNC(=O)c1cc(N)cn1CCC. The smallest absolute Gasteiger partial charge is 0.267 e. The molecule has 1 heterocycles. The summed E-state index contributed by atoms with van der Waals surface area (Å²) in [6.45, 7) is 3.45. The molecule has 1 aromatic heterocycles. The highest BCUT2D eigenvalue weighted by Gasteiger charge is 2.11. The zero-order valence-electron chi connectivity index (χ0n) is 10.2. The molecule has 4 nitrogen and oxygen atoms in total. The van der Waals surface area contributed by atoms with Crippen molar-refractivity contribution in [1.29, 1.82) is 0 Å². The fourth-order valence-electron chi connectivity index (χ4n) is 1.63. The van der Waals surface area contributed by atoms with Crippen molar-refractivity contribution in [1.82, 2.24) is 9.88 Å². The molecule has 4 heteroatoms. The Labute approximate surface area is 102 Å². The van der Waals surface area contributed by atoms with Crippen LogP contribution in [0.3, 0.4) is 0 Å². The minimum absolute atomic E-state index is 0.0906. The number of aryl methyl sites for hydroxylation is 1. The van der Waals surface area contributed by atoms with Gasteiger partial charge in [0.2, 0.25) is 0 Å². The number of amides is 1. The topological polar surface area (TPSA) is 60.1 Å².